The smallest absolute Gasteiger partial charge is 0.247 e. The number of benzene rings is 2. The van der Waals surface area contributed by atoms with Gasteiger partial charge in [0, 0.05) is 30.9 Å². The molecule has 1 aliphatic heterocycles. The van der Waals surface area contributed by atoms with Gasteiger partial charge in [0.1, 0.15) is 22.5 Å². The zero-order valence-electron chi connectivity index (χ0n) is 20.1. The lowest BCUT2D eigenvalue weighted by atomic mass is 10.1. The summed E-state index contributed by atoms with van der Waals surface area (Å²) >= 11 is 0. The largest absolute Gasteiger partial charge is 0.369 e. The van der Waals surface area contributed by atoms with Gasteiger partial charge in [-0.2, -0.15) is 5.10 Å². The average Bonchev–Trinajstić information content (AvgIpc) is 3.50. The molecule has 1 unspecified atom stereocenters. The first-order chi connectivity index (χ1) is 17.4. The molecule has 1 saturated heterocycles. The van der Waals surface area contributed by atoms with E-state index in [1.54, 1.807) is 18.3 Å². The number of hydrogen-bond acceptors (Lipinski definition) is 7. The topological polar surface area (TPSA) is 102 Å². The minimum absolute atomic E-state index is 0.291. The molecule has 1 fully saturated rings. The highest BCUT2D eigenvalue weighted by Crippen LogP contribution is 2.33. The summed E-state index contributed by atoms with van der Waals surface area (Å²) in [6.45, 7) is 5.56. The zero-order chi connectivity index (χ0) is 25.2. The molecule has 0 radical (unpaired) electrons. The number of carbonyl (C=O) groups excluding carboxylic acids is 1. The molecule has 1 amide bonds. The van der Waals surface area contributed by atoms with Gasteiger partial charge in [0.2, 0.25) is 11.9 Å². The Kier molecular flexibility index (Phi) is 6.34. The van der Waals surface area contributed by atoms with Crippen LogP contribution in [0.25, 0.3) is 22.3 Å². The molecule has 5 rings (SSSR count). The summed E-state index contributed by atoms with van der Waals surface area (Å²) < 4.78 is 13.8. The van der Waals surface area contributed by atoms with E-state index >= 15 is 0 Å². The van der Waals surface area contributed by atoms with Crippen molar-refractivity contribution < 1.29 is 9.18 Å². The Hall–Kier alpha value is -4.31. The van der Waals surface area contributed by atoms with Gasteiger partial charge in [-0.1, -0.05) is 18.7 Å². The summed E-state index contributed by atoms with van der Waals surface area (Å²) in [6, 6.07) is 12.3. The Morgan fingerprint density at radius 2 is 2.17 bits per heavy atom. The van der Waals surface area contributed by atoms with E-state index in [0.717, 1.165) is 25.2 Å². The molecule has 4 aromatic rings. The number of halogens is 1. The maximum absolute atomic E-state index is 13.8. The minimum atomic E-state index is -0.348. The van der Waals surface area contributed by atoms with E-state index in [-0.39, 0.29) is 11.7 Å². The molecule has 0 spiro atoms. The molecule has 0 bridgehead atoms. The van der Waals surface area contributed by atoms with Crippen molar-refractivity contribution >= 4 is 40.0 Å². The van der Waals surface area contributed by atoms with Gasteiger partial charge in [-0.05, 0) is 56.4 Å². The zero-order valence-corrected chi connectivity index (χ0v) is 20.1. The number of aromatic nitrogens is 4. The van der Waals surface area contributed by atoms with Crippen LogP contribution < -0.4 is 15.5 Å². The summed E-state index contributed by atoms with van der Waals surface area (Å²) in [6.07, 6.45) is 3.92. The lowest BCUT2D eigenvalue weighted by molar-refractivity contribution is -0.111. The van der Waals surface area contributed by atoms with Crippen LogP contribution in [0.1, 0.15) is 6.42 Å². The molecule has 1 aliphatic rings. The van der Waals surface area contributed by atoms with E-state index < -0.39 is 0 Å². The highest BCUT2D eigenvalue weighted by molar-refractivity contribution is 6.01. The number of rotatable bonds is 7. The Labute approximate surface area is 208 Å². The van der Waals surface area contributed by atoms with Crippen molar-refractivity contribution in [3.8, 4) is 11.3 Å². The average molecular weight is 487 g/mol. The highest BCUT2D eigenvalue weighted by Gasteiger charge is 2.25. The van der Waals surface area contributed by atoms with Crippen LogP contribution in [0.4, 0.5) is 27.4 Å². The molecular weight excluding hydrogens is 459 g/mol. The van der Waals surface area contributed by atoms with E-state index in [9.17, 15) is 9.18 Å². The number of aromatic amines is 1. The number of likely N-dealkylation sites (N-methyl/N-ethyl adjacent to an activating group) is 2. The number of amides is 1. The van der Waals surface area contributed by atoms with E-state index in [4.69, 9.17) is 0 Å². The fourth-order valence-electron chi connectivity index (χ4n) is 4.47. The molecule has 0 saturated carbocycles. The van der Waals surface area contributed by atoms with Gasteiger partial charge in [0.05, 0.1) is 17.6 Å². The van der Waals surface area contributed by atoms with Crippen LogP contribution in [0.15, 0.2) is 61.3 Å². The maximum atomic E-state index is 13.8. The Balaban J connectivity index is 1.45. The number of likely N-dealkylation sites (tertiary alicyclic amines) is 1. The van der Waals surface area contributed by atoms with Gasteiger partial charge in [-0.15, -0.1) is 0 Å². The van der Waals surface area contributed by atoms with Crippen LogP contribution in [0.2, 0.25) is 0 Å². The van der Waals surface area contributed by atoms with Gasteiger partial charge in [-0.3, -0.25) is 9.89 Å². The Morgan fingerprint density at radius 1 is 1.31 bits per heavy atom. The number of H-pyrrole nitrogens is 1. The van der Waals surface area contributed by atoms with Crippen molar-refractivity contribution in [1.82, 2.24) is 25.1 Å². The minimum Gasteiger partial charge on any atom is -0.369 e. The molecule has 9 nitrogen and oxygen atoms in total. The normalized spacial score (nSPS) is 15.7. The van der Waals surface area contributed by atoms with E-state index in [1.165, 1.54) is 18.2 Å². The van der Waals surface area contributed by atoms with Crippen molar-refractivity contribution in [3.05, 3.63) is 67.1 Å². The number of nitrogens with zero attached hydrogens (tertiary/aromatic N) is 5. The van der Waals surface area contributed by atoms with Crippen molar-refractivity contribution in [2.45, 2.75) is 12.5 Å². The molecule has 36 heavy (non-hydrogen) atoms. The lowest BCUT2D eigenvalue weighted by Gasteiger charge is -2.29. The molecule has 3 heterocycles. The quantitative estimate of drug-likeness (QED) is 0.337. The molecule has 184 valence electrons. The predicted octanol–water partition coefficient (Wildman–Crippen LogP) is 4.17. The third-order valence-corrected chi connectivity index (χ3v) is 6.39. The molecule has 10 heteroatoms. The van der Waals surface area contributed by atoms with Gasteiger partial charge < -0.3 is 20.4 Å². The third-order valence-electron chi connectivity index (χ3n) is 6.39. The molecule has 1 atom stereocenters. The van der Waals surface area contributed by atoms with Gasteiger partial charge >= 0.3 is 0 Å². The number of nitrogens with one attached hydrogen (secondary N) is 3. The lowest BCUT2D eigenvalue weighted by Crippen LogP contribution is -2.34. The van der Waals surface area contributed by atoms with Crippen molar-refractivity contribution in [2.24, 2.45) is 0 Å². The summed E-state index contributed by atoms with van der Waals surface area (Å²) in [5.74, 6) is -0.290. The van der Waals surface area contributed by atoms with Crippen LogP contribution in [-0.4, -0.2) is 64.2 Å². The van der Waals surface area contributed by atoms with Gasteiger partial charge in [-0.25, -0.2) is 14.4 Å². The van der Waals surface area contributed by atoms with Crippen LogP contribution >= 0.6 is 0 Å². The third kappa shape index (κ3) is 4.76. The van der Waals surface area contributed by atoms with Crippen molar-refractivity contribution in [3.63, 3.8) is 0 Å². The highest BCUT2D eigenvalue weighted by atomic mass is 19.1. The van der Waals surface area contributed by atoms with Crippen LogP contribution in [0.5, 0.6) is 0 Å². The second-order valence-electron chi connectivity index (χ2n) is 8.90. The monoisotopic (exact) mass is 486 g/mol. The first kappa shape index (κ1) is 23.4. The second kappa shape index (κ2) is 9.74. The van der Waals surface area contributed by atoms with E-state index in [2.05, 4.69) is 54.2 Å². The summed E-state index contributed by atoms with van der Waals surface area (Å²) in [5.41, 5.74) is 4.63. The van der Waals surface area contributed by atoms with Crippen molar-refractivity contribution in [1.29, 1.82) is 0 Å². The first-order valence-corrected chi connectivity index (χ1v) is 11.6. The summed E-state index contributed by atoms with van der Waals surface area (Å²) in [7, 11) is 4.15. The van der Waals surface area contributed by atoms with Crippen LogP contribution in [-0.2, 0) is 4.79 Å². The standard InChI is InChI=1S/C26H27FN8O/c1-4-23(36)30-20-13-18(8-9-22(20)35(3)19-10-11-34(2)15-19)29-26-28-14-21-25(31-26)24(33-32-21)16-6-5-7-17(27)12-16/h4-9,12-14,19H,1,10-11,15H2,2-3H3,(H,30,36)(H,32,33)(H,28,29,31). The van der Waals surface area contributed by atoms with E-state index in [0.29, 0.717) is 45.7 Å². The summed E-state index contributed by atoms with van der Waals surface area (Å²) in [4.78, 5) is 25.7. The number of hydrogen-bond donors (Lipinski definition) is 3. The molecule has 3 N–H and O–H groups in total. The van der Waals surface area contributed by atoms with Gasteiger partial charge in [0.15, 0.2) is 0 Å². The molecule has 0 aliphatic carbocycles. The number of carbonyl (C=O) groups is 1. The SMILES string of the molecule is C=CC(=O)Nc1cc(Nc2ncc3[nH]nc(-c4cccc(F)c4)c3n2)ccc1N(C)C1CCN(C)C1. The first-order valence-electron chi connectivity index (χ1n) is 11.6. The van der Waals surface area contributed by atoms with Crippen LogP contribution in [0.3, 0.4) is 0 Å². The maximum Gasteiger partial charge on any atom is 0.247 e. The van der Waals surface area contributed by atoms with Crippen molar-refractivity contribution in [2.75, 3.05) is 42.7 Å². The second-order valence-corrected chi connectivity index (χ2v) is 8.90. The molecular formula is C26H27FN8O. The summed E-state index contributed by atoms with van der Waals surface area (Å²) in [5, 5.41) is 13.3. The Morgan fingerprint density at radius 3 is 2.92 bits per heavy atom. The van der Waals surface area contributed by atoms with Crippen LogP contribution in [0, 0.1) is 5.82 Å². The fourth-order valence-corrected chi connectivity index (χ4v) is 4.47. The number of fused-ring (bicyclic) bond motifs is 1. The molecule has 2 aromatic carbocycles. The molecule has 2 aromatic heterocycles. The predicted molar refractivity (Wildman–Crippen MR) is 140 cm³/mol. The van der Waals surface area contributed by atoms with E-state index in [1.807, 2.05) is 25.2 Å². The van der Waals surface area contributed by atoms with Gasteiger partial charge in [0.25, 0.3) is 0 Å². The number of anilines is 4. The Bertz CT molecular complexity index is 1430. The fraction of sp³-hybridized carbons (Fsp3) is 0.231.